The zero-order valence-electron chi connectivity index (χ0n) is 10.6. The van der Waals surface area contributed by atoms with Crippen molar-refractivity contribution in [2.75, 3.05) is 17.6 Å². The van der Waals surface area contributed by atoms with Gasteiger partial charge in [0.1, 0.15) is 5.82 Å². The summed E-state index contributed by atoms with van der Waals surface area (Å²) in [5.41, 5.74) is 6.20. The monoisotopic (exact) mass is 266 g/mol. The standard InChI is InChI=1S/C13H16F2N4/c1-19-7-6-18-12(19)4-5-17-11-3-2-9(16)8-10(11)13(14)15/h2-3,6-8,13,17H,4-5,16H2,1H3. The molecule has 0 aliphatic carbocycles. The van der Waals surface area contributed by atoms with Gasteiger partial charge in [0.25, 0.3) is 6.43 Å². The van der Waals surface area contributed by atoms with Crippen molar-refractivity contribution in [3.05, 3.63) is 42.0 Å². The van der Waals surface area contributed by atoms with Gasteiger partial charge in [0.05, 0.1) is 0 Å². The van der Waals surface area contributed by atoms with Gasteiger partial charge in [-0.2, -0.15) is 0 Å². The normalized spacial score (nSPS) is 10.9. The molecule has 0 saturated heterocycles. The Hall–Kier alpha value is -2.11. The Kier molecular flexibility index (Phi) is 3.99. The van der Waals surface area contributed by atoms with Crippen LogP contribution in [0.5, 0.6) is 0 Å². The van der Waals surface area contributed by atoms with Gasteiger partial charge in [0.2, 0.25) is 0 Å². The maximum atomic E-state index is 12.9. The smallest absolute Gasteiger partial charge is 0.265 e. The first-order chi connectivity index (χ1) is 9.08. The van der Waals surface area contributed by atoms with Gasteiger partial charge in [-0.25, -0.2) is 13.8 Å². The molecule has 0 amide bonds. The van der Waals surface area contributed by atoms with Gasteiger partial charge in [0.15, 0.2) is 0 Å². The van der Waals surface area contributed by atoms with E-state index >= 15 is 0 Å². The lowest BCUT2D eigenvalue weighted by Crippen LogP contribution is -2.10. The highest BCUT2D eigenvalue weighted by atomic mass is 19.3. The fraction of sp³-hybridized carbons (Fsp3) is 0.308. The summed E-state index contributed by atoms with van der Waals surface area (Å²) >= 11 is 0. The molecule has 0 fully saturated rings. The predicted octanol–water partition coefficient (Wildman–Crippen LogP) is 2.59. The van der Waals surface area contributed by atoms with E-state index in [0.717, 1.165) is 5.82 Å². The Morgan fingerprint density at radius 3 is 2.84 bits per heavy atom. The third kappa shape index (κ3) is 3.21. The largest absolute Gasteiger partial charge is 0.399 e. The minimum atomic E-state index is -2.54. The van der Waals surface area contributed by atoms with Gasteiger partial charge >= 0.3 is 0 Å². The number of nitrogen functional groups attached to an aromatic ring is 1. The summed E-state index contributed by atoms with van der Waals surface area (Å²) in [6, 6.07) is 4.48. The molecule has 1 aromatic heterocycles. The molecule has 1 aromatic carbocycles. The molecule has 2 aromatic rings. The number of alkyl halides is 2. The van der Waals surface area contributed by atoms with Crippen molar-refractivity contribution in [2.45, 2.75) is 12.8 Å². The molecule has 0 spiro atoms. The molecular formula is C13H16F2N4. The number of benzene rings is 1. The molecule has 102 valence electrons. The fourth-order valence-electron chi connectivity index (χ4n) is 1.87. The minimum Gasteiger partial charge on any atom is -0.399 e. The van der Waals surface area contributed by atoms with E-state index in [0.29, 0.717) is 24.3 Å². The molecule has 0 aliphatic rings. The Bertz CT molecular complexity index is 551. The SMILES string of the molecule is Cn1ccnc1CCNc1ccc(N)cc1C(F)F. The van der Waals surface area contributed by atoms with E-state index in [4.69, 9.17) is 5.73 Å². The van der Waals surface area contributed by atoms with Crippen LogP contribution in [0.1, 0.15) is 17.8 Å². The van der Waals surface area contributed by atoms with Gasteiger partial charge in [-0.1, -0.05) is 0 Å². The zero-order chi connectivity index (χ0) is 13.8. The van der Waals surface area contributed by atoms with Crippen molar-refractivity contribution in [3.8, 4) is 0 Å². The summed E-state index contributed by atoms with van der Waals surface area (Å²) in [4.78, 5) is 4.17. The summed E-state index contributed by atoms with van der Waals surface area (Å²) in [7, 11) is 1.90. The number of anilines is 2. The molecule has 1 heterocycles. The van der Waals surface area contributed by atoms with E-state index in [1.165, 1.54) is 6.07 Å². The molecule has 0 saturated carbocycles. The predicted molar refractivity (Wildman–Crippen MR) is 71.2 cm³/mol. The number of aromatic nitrogens is 2. The van der Waals surface area contributed by atoms with E-state index in [1.54, 1.807) is 18.3 Å². The average Bonchev–Trinajstić information content (AvgIpc) is 2.77. The quantitative estimate of drug-likeness (QED) is 0.818. The molecule has 0 aliphatic heterocycles. The number of imidazole rings is 1. The van der Waals surface area contributed by atoms with Crippen molar-refractivity contribution in [2.24, 2.45) is 7.05 Å². The highest BCUT2D eigenvalue weighted by molar-refractivity contribution is 5.58. The Morgan fingerprint density at radius 2 is 2.21 bits per heavy atom. The van der Waals surface area contributed by atoms with Crippen molar-refractivity contribution >= 4 is 11.4 Å². The summed E-state index contributed by atoms with van der Waals surface area (Å²) in [5, 5.41) is 3.00. The van der Waals surface area contributed by atoms with E-state index in [-0.39, 0.29) is 5.56 Å². The number of nitrogens with zero attached hydrogens (tertiary/aromatic N) is 2. The summed E-state index contributed by atoms with van der Waals surface area (Å²) < 4.78 is 27.6. The molecule has 0 unspecified atom stereocenters. The van der Waals surface area contributed by atoms with Gasteiger partial charge < -0.3 is 15.6 Å². The molecule has 2 rings (SSSR count). The van der Waals surface area contributed by atoms with E-state index in [1.807, 2.05) is 17.8 Å². The third-order valence-corrected chi connectivity index (χ3v) is 2.90. The molecule has 0 radical (unpaired) electrons. The summed E-state index contributed by atoms with van der Waals surface area (Å²) in [6.45, 7) is 0.536. The topological polar surface area (TPSA) is 55.9 Å². The minimum absolute atomic E-state index is 0.0696. The second-order valence-electron chi connectivity index (χ2n) is 4.28. The van der Waals surface area contributed by atoms with Crippen molar-refractivity contribution in [3.63, 3.8) is 0 Å². The second kappa shape index (κ2) is 5.69. The van der Waals surface area contributed by atoms with Crippen LogP contribution >= 0.6 is 0 Å². The molecule has 0 atom stereocenters. The van der Waals surface area contributed by atoms with Crippen molar-refractivity contribution in [1.29, 1.82) is 0 Å². The van der Waals surface area contributed by atoms with E-state index in [2.05, 4.69) is 10.3 Å². The average molecular weight is 266 g/mol. The number of rotatable bonds is 5. The van der Waals surface area contributed by atoms with Crippen molar-refractivity contribution < 1.29 is 8.78 Å². The van der Waals surface area contributed by atoms with E-state index in [9.17, 15) is 8.78 Å². The lowest BCUT2D eigenvalue weighted by Gasteiger charge is -2.12. The van der Waals surface area contributed by atoms with Crippen LogP contribution in [0.25, 0.3) is 0 Å². The first kappa shape index (κ1) is 13.3. The number of hydrogen-bond acceptors (Lipinski definition) is 3. The molecule has 6 heteroatoms. The van der Waals surface area contributed by atoms with Gasteiger partial charge in [-0.05, 0) is 18.2 Å². The highest BCUT2D eigenvalue weighted by Gasteiger charge is 2.13. The Labute approximate surface area is 110 Å². The van der Waals surface area contributed by atoms with Crippen LogP contribution in [0.15, 0.2) is 30.6 Å². The van der Waals surface area contributed by atoms with Gasteiger partial charge in [-0.3, -0.25) is 0 Å². The molecule has 3 N–H and O–H groups in total. The summed E-state index contributed by atoms with van der Waals surface area (Å²) in [6.07, 6.45) is 1.68. The van der Waals surface area contributed by atoms with Crippen LogP contribution in [0.4, 0.5) is 20.2 Å². The molecular weight excluding hydrogens is 250 g/mol. The lowest BCUT2D eigenvalue weighted by atomic mass is 10.1. The molecule has 4 nitrogen and oxygen atoms in total. The first-order valence-corrected chi connectivity index (χ1v) is 5.95. The Morgan fingerprint density at radius 1 is 1.42 bits per heavy atom. The first-order valence-electron chi connectivity index (χ1n) is 5.95. The highest BCUT2D eigenvalue weighted by Crippen LogP contribution is 2.28. The summed E-state index contributed by atoms with van der Waals surface area (Å²) in [5.74, 6) is 0.904. The third-order valence-electron chi connectivity index (χ3n) is 2.90. The maximum Gasteiger partial charge on any atom is 0.265 e. The van der Waals surface area contributed by atoms with Crippen molar-refractivity contribution in [1.82, 2.24) is 9.55 Å². The number of hydrogen-bond donors (Lipinski definition) is 2. The lowest BCUT2D eigenvalue weighted by molar-refractivity contribution is 0.152. The van der Waals surface area contributed by atoms with Crippen LogP contribution in [-0.2, 0) is 13.5 Å². The zero-order valence-corrected chi connectivity index (χ0v) is 10.6. The number of nitrogens with one attached hydrogen (secondary N) is 1. The van der Waals surface area contributed by atoms with Gasteiger partial charge in [0, 0.05) is 49.3 Å². The number of aryl methyl sites for hydroxylation is 1. The van der Waals surface area contributed by atoms with Crippen LogP contribution in [-0.4, -0.2) is 16.1 Å². The van der Waals surface area contributed by atoms with E-state index < -0.39 is 6.43 Å². The Balaban J connectivity index is 2.01. The van der Waals surface area contributed by atoms with Gasteiger partial charge in [-0.15, -0.1) is 0 Å². The second-order valence-corrected chi connectivity index (χ2v) is 4.28. The van der Waals surface area contributed by atoms with Crippen LogP contribution in [0.2, 0.25) is 0 Å². The fourth-order valence-corrected chi connectivity index (χ4v) is 1.87. The number of nitrogens with two attached hydrogens (primary N) is 1. The maximum absolute atomic E-state index is 12.9. The van der Waals surface area contributed by atoms with Crippen LogP contribution < -0.4 is 11.1 Å². The van der Waals surface area contributed by atoms with Crippen LogP contribution in [0.3, 0.4) is 0 Å². The number of halogens is 2. The molecule has 19 heavy (non-hydrogen) atoms. The van der Waals surface area contributed by atoms with Crippen LogP contribution in [0, 0.1) is 0 Å². The molecule has 0 bridgehead atoms.